The molecule has 0 saturated heterocycles. The van der Waals surface area contributed by atoms with Crippen molar-refractivity contribution in [2.45, 2.75) is 19.6 Å². The number of aliphatic hydroxyl groups is 1. The highest BCUT2D eigenvalue weighted by molar-refractivity contribution is 6.31. The van der Waals surface area contributed by atoms with E-state index in [0.29, 0.717) is 39.2 Å². The van der Waals surface area contributed by atoms with Crippen LogP contribution in [0.3, 0.4) is 0 Å². The number of nitrogen functional groups attached to an aromatic ring is 1. The second-order valence-corrected chi connectivity index (χ2v) is 6.20. The number of ether oxygens (including phenoxy) is 1. The van der Waals surface area contributed by atoms with E-state index < -0.39 is 6.10 Å². The van der Waals surface area contributed by atoms with Gasteiger partial charge in [0, 0.05) is 28.8 Å². The summed E-state index contributed by atoms with van der Waals surface area (Å²) in [6.45, 7) is 1.90. The number of hydrazine groups is 2. The van der Waals surface area contributed by atoms with Crippen molar-refractivity contribution in [1.29, 1.82) is 0 Å². The van der Waals surface area contributed by atoms with Gasteiger partial charge >= 0.3 is 0 Å². The molecule has 0 aliphatic carbocycles. The summed E-state index contributed by atoms with van der Waals surface area (Å²) in [6, 6.07) is 6.48. The summed E-state index contributed by atoms with van der Waals surface area (Å²) in [4.78, 5) is 16.2. The summed E-state index contributed by atoms with van der Waals surface area (Å²) in [7, 11) is 0. The van der Waals surface area contributed by atoms with Gasteiger partial charge in [0.25, 0.3) is 5.91 Å². The Morgan fingerprint density at radius 1 is 1.42 bits per heavy atom. The number of aromatic nitrogens is 1. The molecule has 9 nitrogen and oxygen atoms in total. The van der Waals surface area contributed by atoms with Crippen LogP contribution in [0, 0.1) is 0 Å². The maximum atomic E-state index is 12.1. The van der Waals surface area contributed by atoms with Gasteiger partial charge in [-0.15, -0.1) is 5.53 Å². The minimum absolute atomic E-state index is 0.133. The molecule has 1 atom stereocenters. The molecule has 10 heteroatoms. The standard InChI is InChI=1S/C16H19ClN6O3/c1-8(24)6-19-16(25)9-2-3-11(17)10(4-9)7-26-12-5-13(18)20-15-14(12)21-23-22-15/h2-5,8,21,23-24H,6-7H2,1H3,(H,19,25)(H3,18,20,22). The number of nitrogens with one attached hydrogen (secondary N) is 4. The lowest BCUT2D eigenvalue weighted by atomic mass is 10.1. The zero-order valence-corrected chi connectivity index (χ0v) is 14.7. The third kappa shape index (κ3) is 4.07. The first-order chi connectivity index (χ1) is 12.4. The van der Waals surface area contributed by atoms with E-state index in [-0.39, 0.29) is 19.1 Å². The maximum Gasteiger partial charge on any atom is 0.251 e. The summed E-state index contributed by atoms with van der Waals surface area (Å²) in [5, 5.41) is 12.4. The van der Waals surface area contributed by atoms with E-state index in [1.54, 1.807) is 31.2 Å². The summed E-state index contributed by atoms with van der Waals surface area (Å²) in [5.41, 5.74) is 15.9. The molecule has 1 aromatic heterocycles. The molecule has 1 aliphatic rings. The third-order valence-corrected chi connectivity index (χ3v) is 3.99. The highest BCUT2D eigenvalue weighted by Crippen LogP contribution is 2.35. The van der Waals surface area contributed by atoms with Gasteiger partial charge in [-0.05, 0) is 25.1 Å². The SMILES string of the molecule is CC(O)CNC(=O)c1ccc(Cl)c(COc2cc(N)nc3c2NNN3)c1. The Bertz CT molecular complexity index is 830. The van der Waals surface area contributed by atoms with Crippen LogP contribution >= 0.6 is 11.6 Å². The fraction of sp³-hybridized carbons (Fsp3) is 0.250. The zero-order valence-electron chi connectivity index (χ0n) is 14.0. The largest absolute Gasteiger partial charge is 0.486 e. The normalized spacial score (nSPS) is 13.3. The van der Waals surface area contributed by atoms with Gasteiger partial charge < -0.3 is 20.9 Å². The molecule has 26 heavy (non-hydrogen) atoms. The van der Waals surface area contributed by atoms with Crippen molar-refractivity contribution in [3.63, 3.8) is 0 Å². The number of nitrogens with two attached hydrogens (primary N) is 1. The highest BCUT2D eigenvalue weighted by Gasteiger charge is 2.18. The van der Waals surface area contributed by atoms with Crippen LogP contribution in [-0.4, -0.2) is 28.6 Å². The van der Waals surface area contributed by atoms with Crippen molar-refractivity contribution >= 4 is 34.8 Å². The Morgan fingerprint density at radius 3 is 3.00 bits per heavy atom. The molecule has 3 rings (SSSR count). The van der Waals surface area contributed by atoms with Gasteiger partial charge in [0.05, 0.1) is 6.10 Å². The third-order valence-electron chi connectivity index (χ3n) is 3.62. The van der Waals surface area contributed by atoms with Gasteiger partial charge in [0.2, 0.25) is 0 Å². The lowest BCUT2D eigenvalue weighted by molar-refractivity contribution is 0.0924. The molecule has 0 radical (unpaired) electrons. The Kier molecular flexibility index (Phi) is 5.31. The number of carbonyl (C=O) groups is 1. The Morgan fingerprint density at radius 2 is 2.23 bits per heavy atom. The number of carbonyl (C=O) groups excluding carboxylic acids is 1. The number of hydrogen-bond donors (Lipinski definition) is 6. The summed E-state index contributed by atoms with van der Waals surface area (Å²) < 4.78 is 5.81. The summed E-state index contributed by atoms with van der Waals surface area (Å²) in [6.07, 6.45) is -0.622. The molecule has 7 N–H and O–H groups in total. The second kappa shape index (κ2) is 7.65. The Hall–Kier alpha value is -2.75. The first-order valence-electron chi connectivity index (χ1n) is 7.89. The number of benzene rings is 1. The van der Waals surface area contributed by atoms with Crippen LogP contribution in [-0.2, 0) is 6.61 Å². The molecule has 0 saturated carbocycles. The van der Waals surface area contributed by atoms with Crippen molar-refractivity contribution in [2.24, 2.45) is 0 Å². The lowest BCUT2D eigenvalue weighted by Gasteiger charge is -2.13. The topological polar surface area (TPSA) is 134 Å². The number of nitrogens with zero attached hydrogens (tertiary/aromatic N) is 1. The lowest BCUT2D eigenvalue weighted by Crippen LogP contribution is -2.30. The van der Waals surface area contributed by atoms with Crippen molar-refractivity contribution < 1.29 is 14.6 Å². The van der Waals surface area contributed by atoms with Crippen molar-refractivity contribution in [1.82, 2.24) is 15.8 Å². The number of hydrogen-bond acceptors (Lipinski definition) is 8. The predicted molar refractivity (Wildman–Crippen MR) is 98.8 cm³/mol. The molecule has 1 aliphatic heterocycles. The van der Waals surface area contributed by atoms with Gasteiger partial charge in [-0.1, -0.05) is 11.6 Å². The molecule has 2 aromatic rings. The zero-order chi connectivity index (χ0) is 18.7. The molecule has 0 bridgehead atoms. The number of pyridine rings is 1. The number of halogens is 1. The van der Waals surface area contributed by atoms with E-state index in [9.17, 15) is 9.90 Å². The Balaban J connectivity index is 1.74. The van der Waals surface area contributed by atoms with Crippen LogP contribution < -0.4 is 32.2 Å². The quantitative estimate of drug-likeness (QED) is 0.442. The molecule has 2 heterocycles. The van der Waals surface area contributed by atoms with E-state index in [0.717, 1.165) is 0 Å². The number of anilines is 3. The van der Waals surface area contributed by atoms with Crippen LogP contribution in [0.5, 0.6) is 5.75 Å². The van der Waals surface area contributed by atoms with Crippen molar-refractivity contribution in [3.05, 3.63) is 40.4 Å². The van der Waals surface area contributed by atoms with Crippen LogP contribution in [0.25, 0.3) is 0 Å². The first-order valence-corrected chi connectivity index (χ1v) is 8.27. The average molecular weight is 379 g/mol. The summed E-state index contributed by atoms with van der Waals surface area (Å²) in [5.74, 6) is 1.02. The van der Waals surface area contributed by atoms with Crippen LogP contribution in [0.2, 0.25) is 5.02 Å². The fourth-order valence-corrected chi connectivity index (χ4v) is 2.52. The van der Waals surface area contributed by atoms with Gasteiger partial charge in [-0.3, -0.25) is 15.6 Å². The van der Waals surface area contributed by atoms with Crippen molar-refractivity contribution in [2.75, 3.05) is 23.1 Å². The van der Waals surface area contributed by atoms with E-state index in [2.05, 4.69) is 26.7 Å². The molecular weight excluding hydrogens is 360 g/mol. The number of rotatable bonds is 6. The van der Waals surface area contributed by atoms with Gasteiger partial charge in [0.15, 0.2) is 11.6 Å². The smallest absolute Gasteiger partial charge is 0.251 e. The highest BCUT2D eigenvalue weighted by atomic mass is 35.5. The van der Waals surface area contributed by atoms with Gasteiger partial charge in [-0.25, -0.2) is 4.98 Å². The fourth-order valence-electron chi connectivity index (χ4n) is 2.34. The van der Waals surface area contributed by atoms with Crippen LogP contribution in [0.4, 0.5) is 17.3 Å². The first kappa shape index (κ1) is 18.1. The number of aliphatic hydroxyl groups excluding tert-OH is 1. The molecule has 1 amide bonds. The minimum Gasteiger partial charge on any atom is -0.486 e. The minimum atomic E-state index is -0.622. The molecule has 1 unspecified atom stereocenters. The van der Waals surface area contributed by atoms with Crippen molar-refractivity contribution in [3.8, 4) is 5.75 Å². The Labute approximate surface area is 154 Å². The van der Waals surface area contributed by atoms with E-state index in [1.807, 2.05) is 0 Å². The van der Waals surface area contributed by atoms with Crippen LogP contribution in [0.15, 0.2) is 24.3 Å². The van der Waals surface area contributed by atoms with E-state index >= 15 is 0 Å². The van der Waals surface area contributed by atoms with E-state index in [1.165, 1.54) is 0 Å². The maximum absolute atomic E-state index is 12.1. The molecule has 0 spiro atoms. The average Bonchev–Trinajstić information content (AvgIpc) is 3.07. The molecular formula is C16H19ClN6O3. The monoisotopic (exact) mass is 378 g/mol. The molecule has 138 valence electrons. The molecule has 0 fully saturated rings. The molecule has 1 aromatic carbocycles. The van der Waals surface area contributed by atoms with Crippen LogP contribution in [0.1, 0.15) is 22.8 Å². The number of fused-ring (bicyclic) bond motifs is 1. The number of amides is 1. The van der Waals surface area contributed by atoms with Gasteiger partial charge in [-0.2, -0.15) is 0 Å². The van der Waals surface area contributed by atoms with E-state index in [4.69, 9.17) is 22.1 Å². The second-order valence-electron chi connectivity index (χ2n) is 5.80. The van der Waals surface area contributed by atoms with Gasteiger partial charge in [0.1, 0.15) is 18.1 Å². The summed E-state index contributed by atoms with van der Waals surface area (Å²) >= 11 is 6.21. The predicted octanol–water partition coefficient (Wildman–Crippen LogP) is 1.26.